The van der Waals surface area contributed by atoms with Gasteiger partial charge in [-0.05, 0) is 36.2 Å². The van der Waals surface area contributed by atoms with E-state index in [0.717, 1.165) is 19.3 Å². The summed E-state index contributed by atoms with van der Waals surface area (Å²) in [5.41, 5.74) is 6.54. The van der Waals surface area contributed by atoms with E-state index in [1.54, 1.807) is 0 Å². The number of nitrogens with zero attached hydrogens (tertiary/aromatic N) is 1. The van der Waals surface area contributed by atoms with Gasteiger partial charge in [0.15, 0.2) is 6.61 Å². The molecule has 0 unspecified atom stereocenters. The normalized spacial score (nSPS) is 26.0. The molecule has 0 radical (unpaired) electrons. The number of benzene rings is 1. The summed E-state index contributed by atoms with van der Waals surface area (Å²) in [4.78, 5) is 27.0. The number of fused-ring (bicyclic) bond motifs is 2. The van der Waals surface area contributed by atoms with Gasteiger partial charge in [-0.3, -0.25) is 4.79 Å². The maximum Gasteiger partial charge on any atom is 0.342 e. The third-order valence-corrected chi connectivity index (χ3v) is 5.93. The molecule has 2 atom stereocenters. The molecule has 1 heterocycles. The van der Waals surface area contributed by atoms with Crippen LogP contribution in [0.3, 0.4) is 0 Å². The first-order valence-electron chi connectivity index (χ1n) is 9.13. The van der Waals surface area contributed by atoms with E-state index in [4.69, 9.17) is 26.8 Å². The number of ether oxygens (including phenoxy) is 2. The summed E-state index contributed by atoms with van der Waals surface area (Å²) in [6.45, 7) is 7.16. The molecule has 1 aliphatic carbocycles. The van der Waals surface area contributed by atoms with Gasteiger partial charge >= 0.3 is 5.97 Å². The third-order valence-electron chi connectivity index (χ3n) is 5.60. The van der Waals surface area contributed by atoms with Crippen LogP contribution >= 0.6 is 11.6 Å². The van der Waals surface area contributed by atoms with Crippen LogP contribution < -0.4 is 10.5 Å². The lowest BCUT2D eigenvalue weighted by molar-refractivity contribution is -0.135. The van der Waals surface area contributed by atoms with E-state index < -0.39 is 5.97 Å². The van der Waals surface area contributed by atoms with Crippen molar-refractivity contribution < 1.29 is 19.1 Å². The van der Waals surface area contributed by atoms with Crippen molar-refractivity contribution in [1.29, 1.82) is 0 Å². The van der Waals surface area contributed by atoms with Gasteiger partial charge in [0.05, 0.1) is 17.8 Å². The molecule has 2 fully saturated rings. The minimum absolute atomic E-state index is 0.139. The first kappa shape index (κ1) is 19.8. The van der Waals surface area contributed by atoms with Crippen molar-refractivity contribution in [2.45, 2.75) is 46.1 Å². The number of amides is 1. The van der Waals surface area contributed by atoms with Gasteiger partial charge in [0.2, 0.25) is 0 Å². The zero-order valence-corrected chi connectivity index (χ0v) is 17.1. The van der Waals surface area contributed by atoms with Gasteiger partial charge in [-0.2, -0.15) is 0 Å². The predicted molar refractivity (Wildman–Crippen MR) is 104 cm³/mol. The highest BCUT2D eigenvalue weighted by Crippen LogP contribution is 2.52. The van der Waals surface area contributed by atoms with Crippen LogP contribution in [0.5, 0.6) is 5.75 Å². The number of nitrogens with two attached hydrogens (primary N) is 1. The Labute approximate surface area is 164 Å². The van der Waals surface area contributed by atoms with Crippen molar-refractivity contribution in [1.82, 2.24) is 4.90 Å². The topological polar surface area (TPSA) is 81.9 Å². The fourth-order valence-electron chi connectivity index (χ4n) is 4.94. The van der Waals surface area contributed by atoms with E-state index in [-0.39, 0.29) is 45.7 Å². The molecule has 27 heavy (non-hydrogen) atoms. The molecule has 1 saturated heterocycles. The molecule has 2 N–H and O–H groups in total. The Balaban J connectivity index is 1.67. The molecular formula is C20H27ClN2O4. The summed E-state index contributed by atoms with van der Waals surface area (Å²) in [6.07, 6.45) is 3.09. The monoisotopic (exact) mass is 394 g/mol. The Bertz CT molecular complexity index is 779. The summed E-state index contributed by atoms with van der Waals surface area (Å²) in [7, 11) is 1.43. The Hall–Kier alpha value is -1.95. The molecule has 7 heteroatoms. The third kappa shape index (κ3) is 4.00. The molecular weight excluding hydrogens is 368 g/mol. The summed E-state index contributed by atoms with van der Waals surface area (Å²) >= 11 is 5.99. The van der Waals surface area contributed by atoms with Gasteiger partial charge in [-0.15, -0.1) is 0 Å². The average Bonchev–Trinajstić information content (AvgIpc) is 2.83. The van der Waals surface area contributed by atoms with E-state index in [1.807, 2.05) is 4.90 Å². The smallest absolute Gasteiger partial charge is 0.342 e. The van der Waals surface area contributed by atoms with Crippen LogP contribution in [-0.2, 0) is 9.53 Å². The molecule has 2 bridgehead atoms. The number of nitrogen functional groups attached to an aromatic ring is 1. The van der Waals surface area contributed by atoms with Crippen LogP contribution in [0.2, 0.25) is 5.02 Å². The summed E-state index contributed by atoms with van der Waals surface area (Å²) in [6, 6.07) is 3.08. The van der Waals surface area contributed by atoms with E-state index in [2.05, 4.69) is 20.8 Å². The zero-order chi connectivity index (χ0) is 20.0. The van der Waals surface area contributed by atoms with Gasteiger partial charge in [0.25, 0.3) is 5.91 Å². The largest absolute Gasteiger partial charge is 0.496 e. The molecule has 3 rings (SSSR count). The van der Waals surface area contributed by atoms with Gasteiger partial charge in [-0.1, -0.05) is 32.4 Å². The molecule has 1 aliphatic heterocycles. The summed E-state index contributed by atoms with van der Waals surface area (Å²) < 4.78 is 10.4. The fraction of sp³-hybridized carbons (Fsp3) is 0.600. The van der Waals surface area contributed by atoms with Crippen molar-refractivity contribution in [3.8, 4) is 5.75 Å². The summed E-state index contributed by atoms with van der Waals surface area (Å²) in [5, 5.41) is 0.234. The molecule has 148 valence electrons. The number of hydrogen-bond acceptors (Lipinski definition) is 5. The van der Waals surface area contributed by atoms with Gasteiger partial charge in [0, 0.05) is 18.7 Å². The van der Waals surface area contributed by atoms with Crippen LogP contribution in [0.1, 0.15) is 50.4 Å². The first-order valence-corrected chi connectivity index (χ1v) is 9.51. The lowest BCUT2D eigenvalue weighted by Gasteiger charge is -2.39. The average molecular weight is 395 g/mol. The Morgan fingerprint density at radius 3 is 2.67 bits per heavy atom. The van der Waals surface area contributed by atoms with Crippen LogP contribution in [0, 0.1) is 10.8 Å². The van der Waals surface area contributed by atoms with Crippen molar-refractivity contribution in [2.24, 2.45) is 10.8 Å². The Morgan fingerprint density at radius 2 is 2.00 bits per heavy atom. The maximum absolute atomic E-state index is 12.7. The molecule has 6 nitrogen and oxygen atoms in total. The lowest BCUT2D eigenvalue weighted by atomic mass is 9.65. The van der Waals surface area contributed by atoms with E-state index in [9.17, 15) is 9.59 Å². The minimum Gasteiger partial charge on any atom is -0.496 e. The van der Waals surface area contributed by atoms with Crippen molar-refractivity contribution in [3.05, 3.63) is 22.7 Å². The highest BCUT2D eigenvalue weighted by Gasteiger charge is 2.50. The van der Waals surface area contributed by atoms with Crippen LogP contribution in [0.4, 0.5) is 5.69 Å². The fourth-order valence-corrected chi connectivity index (χ4v) is 5.10. The second-order valence-electron chi connectivity index (χ2n) is 8.89. The molecule has 1 aromatic rings. The summed E-state index contributed by atoms with van der Waals surface area (Å²) in [5.74, 6) is -0.549. The Kier molecular flexibility index (Phi) is 5.06. The van der Waals surface area contributed by atoms with Gasteiger partial charge in [-0.25, -0.2) is 4.79 Å². The highest BCUT2D eigenvalue weighted by atomic mass is 35.5. The highest BCUT2D eigenvalue weighted by molar-refractivity contribution is 6.33. The zero-order valence-electron chi connectivity index (χ0n) is 16.3. The second kappa shape index (κ2) is 6.89. The number of carbonyl (C=O) groups excluding carboxylic acids is 2. The molecule has 0 aromatic heterocycles. The van der Waals surface area contributed by atoms with Crippen LogP contribution in [-0.4, -0.2) is 43.1 Å². The van der Waals surface area contributed by atoms with Gasteiger partial charge in [0.1, 0.15) is 11.3 Å². The number of rotatable bonds is 4. The molecule has 1 saturated carbocycles. The number of esters is 1. The van der Waals surface area contributed by atoms with E-state index in [1.165, 1.54) is 19.2 Å². The number of methoxy groups -OCH3 is 1. The first-order chi connectivity index (χ1) is 12.5. The quantitative estimate of drug-likeness (QED) is 0.624. The standard InChI is InChI=1S/C20H27ClN2O4/c1-19(2)7-12-8-20(3,10-19)11-23(12)17(24)9-27-18(25)13-5-14(21)15(22)6-16(13)26-4/h5-6,12H,7-11,22H2,1-4H3/t12-,20-/m0/s1. The number of anilines is 1. The second-order valence-corrected chi connectivity index (χ2v) is 9.29. The van der Waals surface area contributed by atoms with E-state index >= 15 is 0 Å². The number of halogens is 1. The van der Waals surface area contributed by atoms with Crippen LogP contribution in [0.25, 0.3) is 0 Å². The van der Waals surface area contributed by atoms with E-state index in [0.29, 0.717) is 12.2 Å². The lowest BCUT2D eigenvalue weighted by Crippen LogP contribution is -2.39. The van der Waals surface area contributed by atoms with Gasteiger partial charge < -0.3 is 20.1 Å². The van der Waals surface area contributed by atoms with Crippen molar-refractivity contribution in [3.63, 3.8) is 0 Å². The maximum atomic E-state index is 12.7. The Morgan fingerprint density at radius 1 is 1.30 bits per heavy atom. The molecule has 2 aliphatic rings. The van der Waals surface area contributed by atoms with Crippen LogP contribution in [0.15, 0.2) is 12.1 Å². The number of hydrogen-bond donors (Lipinski definition) is 1. The predicted octanol–water partition coefficient (Wildman–Crippen LogP) is 3.51. The number of carbonyl (C=O) groups is 2. The van der Waals surface area contributed by atoms with Crippen molar-refractivity contribution >= 4 is 29.2 Å². The minimum atomic E-state index is -0.657. The molecule has 1 aromatic carbocycles. The molecule has 1 amide bonds. The van der Waals surface area contributed by atoms with Crippen molar-refractivity contribution in [2.75, 3.05) is 26.0 Å². The SMILES string of the molecule is COc1cc(N)c(Cl)cc1C(=O)OCC(=O)N1C[C@@]2(C)C[C@@H]1CC(C)(C)C2. The molecule has 0 spiro atoms. The number of likely N-dealkylation sites (tertiary alicyclic amines) is 1.